The Morgan fingerprint density at radius 3 is 2.85 bits per heavy atom. The fraction of sp³-hybridized carbons (Fsp3) is 0.222. The summed E-state index contributed by atoms with van der Waals surface area (Å²) in [6, 6.07) is 4.47. The van der Waals surface area contributed by atoms with E-state index < -0.39 is 11.9 Å². The predicted molar refractivity (Wildman–Crippen MR) is 47.4 cm³/mol. The van der Waals surface area contributed by atoms with Crippen LogP contribution < -0.4 is 5.32 Å². The lowest BCUT2D eigenvalue weighted by Crippen LogP contribution is -2.10. The first-order valence-corrected chi connectivity index (χ1v) is 3.92. The van der Waals surface area contributed by atoms with E-state index in [-0.39, 0.29) is 5.69 Å². The standard InChI is InChI=1S/C9H10FNO2/c1-2-6-4-3-5-7(10)8(6)11-9(12)13/h3-5,11H,2H2,1H3,(H,12,13). The van der Waals surface area contributed by atoms with Crippen LogP contribution >= 0.6 is 0 Å². The second-order valence-electron chi connectivity index (χ2n) is 2.56. The van der Waals surface area contributed by atoms with Crippen molar-refractivity contribution in [2.24, 2.45) is 0 Å². The molecule has 0 unspecified atom stereocenters. The number of anilines is 1. The van der Waals surface area contributed by atoms with Gasteiger partial charge in [0.05, 0.1) is 5.69 Å². The molecule has 0 radical (unpaired) electrons. The summed E-state index contributed by atoms with van der Waals surface area (Å²) in [5, 5.41) is 10.5. The minimum Gasteiger partial charge on any atom is -0.465 e. The molecule has 0 saturated carbocycles. The Morgan fingerprint density at radius 1 is 1.62 bits per heavy atom. The van der Waals surface area contributed by atoms with Gasteiger partial charge in [0.2, 0.25) is 0 Å². The molecule has 0 aliphatic heterocycles. The van der Waals surface area contributed by atoms with Crippen molar-refractivity contribution in [2.45, 2.75) is 13.3 Å². The van der Waals surface area contributed by atoms with E-state index >= 15 is 0 Å². The van der Waals surface area contributed by atoms with E-state index in [0.717, 1.165) is 0 Å². The summed E-state index contributed by atoms with van der Waals surface area (Å²) in [6.07, 6.45) is -0.660. The second kappa shape index (κ2) is 3.89. The van der Waals surface area contributed by atoms with Gasteiger partial charge >= 0.3 is 6.09 Å². The van der Waals surface area contributed by atoms with Crippen molar-refractivity contribution < 1.29 is 14.3 Å². The van der Waals surface area contributed by atoms with Crippen LogP contribution in [-0.4, -0.2) is 11.2 Å². The number of hydrogen-bond acceptors (Lipinski definition) is 1. The third-order valence-electron chi connectivity index (χ3n) is 1.71. The highest BCUT2D eigenvalue weighted by atomic mass is 19.1. The Labute approximate surface area is 75.2 Å². The van der Waals surface area contributed by atoms with E-state index in [1.54, 1.807) is 12.1 Å². The number of halogens is 1. The minimum atomic E-state index is -1.25. The molecule has 1 rings (SSSR count). The zero-order valence-electron chi connectivity index (χ0n) is 7.17. The average Bonchev–Trinajstić information content (AvgIpc) is 2.08. The monoisotopic (exact) mass is 183 g/mol. The highest BCUT2D eigenvalue weighted by Crippen LogP contribution is 2.19. The third-order valence-corrected chi connectivity index (χ3v) is 1.71. The molecular formula is C9H10FNO2. The topological polar surface area (TPSA) is 49.3 Å². The second-order valence-corrected chi connectivity index (χ2v) is 2.56. The van der Waals surface area contributed by atoms with Gasteiger partial charge in [0.1, 0.15) is 5.82 Å². The van der Waals surface area contributed by atoms with Gasteiger partial charge in [-0.15, -0.1) is 0 Å². The van der Waals surface area contributed by atoms with Crippen molar-refractivity contribution >= 4 is 11.8 Å². The maximum atomic E-state index is 13.1. The van der Waals surface area contributed by atoms with Crippen LogP contribution in [0, 0.1) is 5.82 Å². The number of amides is 1. The molecule has 1 amide bonds. The highest BCUT2D eigenvalue weighted by Gasteiger charge is 2.08. The molecule has 0 aliphatic carbocycles. The third kappa shape index (κ3) is 2.18. The zero-order valence-corrected chi connectivity index (χ0v) is 7.17. The number of para-hydroxylation sites is 1. The molecule has 2 N–H and O–H groups in total. The molecule has 0 aromatic heterocycles. The number of aryl methyl sites for hydroxylation is 1. The van der Waals surface area contributed by atoms with Crippen molar-refractivity contribution in [1.29, 1.82) is 0 Å². The summed E-state index contributed by atoms with van der Waals surface area (Å²) in [5.74, 6) is -0.540. The van der Waals surface area contributed by atoms with Crippen LogP contribution in [0.1, 0.15) is 12.5 Å². The Bertz CT molecular complexity index is 325. The molecule has 3 nitrogen and oxygen atoms in total. The van der Waals surface area contributed by atoms with Gasteiger partial charge in [-0.25, -0.2) is 9.18 Å². The Balaban J connectivity index is 3.07. The van der Waals surface area contributed by atoms with Gasteiger partial charge < -0.3 is 5.11 Å². The fourth-order valence-corrected chi connectivity index (χ4v) is 1.11. The van der Waals surface area contributed by atoms with Crippen LogP contribution in [-0.2, 0) is 6.42 Å². The Morgan fingerprint density at radius 2 is 2.31 bits per heavy atom. The Hall–Kier alpha value is -1.58. The fourth-order valence-electron chi connectivity index (χ4n) is 1.11. The summed E-state index contributed by atoms with van der Waals surface area (Å²) in [6.45, 7) is 1.84. The first-order valence-electron chi connectivity index (χ1n) is 3.92. The molecule has 13 heavy (non-hydrogen) atoms. The van der Waals surface area contributed by atoms with E-state index in [1.165, 1.54) is 6.07 Å². The number of benzene rings is 1. The molecular weight excluding hydrogens is 173 g/mol. The van der Waals surface area contributed by atoms with E-state index in [0.29, 0.717) is 12.0 Å². The maximum absolute atomic E-state index is 13.1. The number of carboxylic acid groups (broad SMARTS) is 1. The van der Waals surface area contributed by atoms with Gasteiger partial charge in [-0.3, -0.25) is 5.32 Å². The molecule has 4 heteroatoms. The van der Waals surface area contributed by atoms with Crippen molar-refractivity contribution in [3.8, 4) is 0 Å². The molecule has 0 heterocycles. The van der Waals surface area contributed by atoms with Crippen molar-refractivity contribution in [3.05, 3.63) is 29.6 Å². The first-order chi connectivity index (χ1) is 6.15. The summed E-state index contributed by atoms with van der Waals surface area (Å²) >= 11 is 0. The Kier molecular flexibility index (Phi) is 2.84. The van der Waals surface area contributed by atoms with Crippen LogP contribution in [0.2, 0.25) is 0 Å². The number of nitrogens with one attached hydrogen (secondary N) is 1. The average molecular weight is 183 g/mol. The van der Waals surface area contributed by atoms with Crippen LogP contribution in [0.15, 0.2) is 18.2 Å². The van der Waals surface area contributed by atoms with E-state index in [1.807, 2.05) is 12.2 Å². The number of carbonyl (C=O) groups is 1. The lowest BCUT2D eigenvalue weighted by atomic mass is 10.1. The molecule has 0 saturated heterocycles. The summed E-state index contributed by atoms with van der Waals surface area (Å²) < 4.78 is 13.1. The summed E-state index contributed by atoms with van der Waals surface area (Å²) in [4.78, 5) is 10.3. The lowest BCUT2D eigenvalue weighted by Gasteiger charge is -2.07. The normalized spacial score (nSPS) is 9.69. The molecule has 70 valence electrons. The van der Waals surface area contributed by atoms with Gasteiger partial charge in [0, 0.05) is 0 Å². The quantitative estimate of drug-likeness (QED) is 0.739. The number of hydrogen-bond donors (Lipinski definition) is 2. The minimum absolute atomic E-state index is 0.0532. The predicted octanol–water partition coefficient (Wildman–Crippen LogP) is 2.48. The van der Waals surface area contributed by atoms with Gasteiger partial charge in [-0.1, -0.05) is 19.1 Å². The SMILES string of the molecule is CCc1cccc(F)c1NC(=O)O. The van der Waals surface area contributed by atoms with E-state index in [2.05, 4.69) is 0 Å². The van der Waals surface area contributed by atoms with Crippen molar-refractivity contribution in [3.63, 3.8) is 0 Å². The molecule has 0 spiro atoms. The molecule has 0 atom stereocenters. The summed E-state index contributed by atoms with van der Waals surface area (Å²) in [5.41, 5.74) is 0.708. The molecule has 0 bridgehead atoms. The van der Waals surface area contributed by atoms with E-state index in [4.69, 9.17) is 5.11 Å². The van der Waals surface area contributed by atoms with Gasteiger partial charge in [0.15, 0.2) is 0 Å². The van der Waals surface area contributed by atoms with Crippen molar-refractivity contribution in [1.82, 2.24) is 0 Å². The molecule has 1 aromatic rings. The van der Waals surface area contributed by atoms with E-state index in [9.17, 15) is 9.18 Å². The largest absolute Gasteiger partial charge is 0.465 e. The molecule has 0 fully saturated rings. The zero-order chi connectivity index (χ0) is 9.84. The van der Waals surface area contributed by atoms with Gasteiger partial charge in [-0.05, 0) is 18.1 Å². The summed E-state index contributed by atoms with van der Waals surface area (Å²) in [7, 11) is 0. The van der Waals surface area contributed by atoms with Crippen LogP contribution in [0.25, 0.3) is 0 Å². The van der Waals surface area contributed by atoms with Crippen LogP contribution in [0.3, 0.4) is 0 Å². The maximum Gasteiger partial charge on any atom is 0.409 e. The number of rotatable bonds is 2. The van der Waals surface area contributed by atoms with Gasteiger partial charge in [-0.2, -0.15) is 0 Å². The highest BCUT2D eigenvalue weighted by molar-refractivity contribution is 5.84. The van der Waals surface area contributed by atoms with Crippen LogP contribution in [0.5, 0.6) is 0 Å². The smallest absolute Gasteiger partial charge is 0.409 e. The van der Waals surface area contributed by atoms with Crippen LogP contribution in [0.4, 0.5) is 14.9 Å². The van der Waals surface area contributed by atoms with Gasteiger partial charge in [0.25, 0.3) is 0 Å². The molecule has 1 aromatic carbocycles. The lowest BCUT2D eigenvalue weighted by molar-refractivity contribution is 0.209. The first kappa shape index (κ1) is 9.51. The molecule has 0 aliphatic rings. The van der Waals surface area contributed by atoms with Crippen molar-refractivity contribution in [2.75, 3.05) is 5.32 Å².